The van der Waals surface area contributed by atoms with Gasteiger partial charge in [0.05, 0.1) is 5.41 Å². The number of pyridine rings is 1. The lowest BCUT2D eigenvalue weighted by atomic mass is 9.79. The van der Waals surface area contributed by atoms with Gasteiger partial charge in [0, 0.05) is 11.8 Å². The Morgan fingerprint density at radius 2 is 1.96 bits per heavy atom. The number of ether oxygens (including phenoxy) is 1. The number of nitrogens with zero attached hydrogens (tertiary/aromatic N) is 2. The summed E-state index contributed by atoms with van der Waals surface area (Å²) in [5.74, 6) is 1.51. The molecule has 1 fully saturated rings. The van der Waals surface area contributed by atoms with E-state index in [1.807, 2.05) is 6.07 Å². The number of fused-ring (bicyclic) bond motifs is 7. The normalized spacial score (nSPS) is 18.1. The van der Waals surface area contributed by atoms with Gasteiger partial charge in [0.2, 0.25) is 11.8 Å². The standard InChI is InChI=1S/C21H20N2O2/c1-2-9-21(8-1)12-15-5-3-6-16(11-15)18-7-4-10-22-19(18)24-13-17-14-25-20(21)23-17/h3-7,10-11,14H,1-2,8-9,12-13H2. The molecule has 1 aliphatic heterocycles. The molecule has 4 bridgehead atoms. The fourth-order valence-corrected chi connectivity index (χ4v) is 4.24. The van der Waals surface area contributed by atoms with Crippen molar-refractivity contribution in [2.75, 3.05) is 0 Å². The first kappa shape index (κ1) is 14.7. The van der Waals surface area contributed by atoms with Crippen LogP contribution in [0.2, 0.25) is 0 Å². The van der Waals surface area contributed by atoms with Crippen molar-refractivity contribution in [2.24, 2.45) is 0 Å². The third-order valence-corrected chi connectivity index (χ3v) is 5.47. The average Bonchev–Trinajstić information content (AvgIpc) is 3.30. The van der Waals surface area contributed by atoms with Gasteiger partial charge in [-0.1, -0.05) is 37.1 Å². The van der Waals surface area contributed by atoms with Crippen molar-refractivity contribution in [2.45, 2.75) is 44.1 Å². The molecule has 2 aromatic heterocycles. The Kier molecular flexibility index (Phi) is 3.37. The van der Waals surface area contributed by atoms with Crippen LogP contribution in [-0.2, 0) is 18.4 Å². The van der Waals surface area contributed by atoms with Crippen LogP contribution in [0, 0.1) is 0 Å². The third-order valence-electron chi connectivity index (χ3n) is 5.47. The number of benzene rings is 1. The van der Waals surface area contributed by atoms with Crippen molar-refractivity contribution in [3.05, 3.63) is 66.0 Å². The minimum absolute atomic E-state index is 0.0217. The molecule has 1 spiro atoms. The molecule has 0 unspecified atom stereocenters. The summed E-state index contributed by atoms with van der Waals surface area (Å²) in [5.41, 5.74) is 4.35. The number of hydrogen-bond donors (Lipinski definition) is 0. The van der Waals surface area contributed by atoms with Crippen molar-refractivity contribution in [1.29, 1.82) is 0 Å². The molecule has 1 aromatic carbocycles. The van der Waals surface area contributed by atoms with Gasteiger partial charge in [-0.2, -0.15) is 0 Å². The minimum atomic E-state index is 0.0217. The van der Waals surface area contributed by atoms with E-state index < -0.39 is 0 Å². The Hall–Kier alpha value is -2.62. The second-order valence-corrected chi connectivity index (χ2v) is 7.15. The zero-order valence-electron chi connectivity index (χ0n) is 14.1. The van der Waals surface area contributed by atoms with E-state index in [0.717, 1.165) is 42.0 Å². The fraction of sp³-hybridized carbons (Fsp3) is 0.333. The number of hydrogen-bond acceptors (Lipinski definition) is 4. The summed E-state index contributed by atoms with van der Waals surface area (Å²) in [6, 6.07) is 12.7. The summed E-state index contributed by atoms with van der Waals surface area (Å²) in [5, 5.41) is 0. The molecule has 1 aliphatic carbocycles. The van der Waals surface area contributed by atoms with E-state index in [4.69, 9.17) is 14.1 Å². The first-order chi connectivity index (χ1) is 12.3. The lowest BCUT2D eigenvalue weighted by Gasteiger charge is -2.26. The number of rotatable bonds is 0. The van der Waals surface area contributed by atoms with Crippen LogP contribution in [-0.4, -0.2) is 9.97 Å². The SMILES string of the molecule is c1cc2cc(c1)-c1cccnc1OCc1coc(n1)C1(CCCC1)C2. The van der Waals surface area contributed by atoms with Crippen LogP contribution in [0.5, 0.6) is 5.88 Å². The van der Waals surface area contributed by atoms with E-state index in [1.165, 1.54) is 18.4 Å². The van der Waals surface area contributed by atoms with Crippen molar-refractivity contribution in [1.82, 2.24) is 9.97 Å². The van der Waals surface area contributed by atoms with Crippen molar-refractivity contribution in [3.63, 3.8) is 0 Å². The zero-order valence-corrected chi connectivity index (χ0v) is 14.1. The highest BCUT2D eigenvalue weighted by Crippen LogP contribution is 2.44. The van der Waals surface area contributed by atoms with E-state index in [1.54, 1.807) is 12.5 Å². The topological polar surface area (TPSA) is 48.2 Å². The lowest BCUT2D eigenvalue weighted by molar-refractivity contribution is 0.290. The van der Waals surface area contributed by atoms with Gasteiger partial charge < -0.3 is 9.15 Å². The summed E-state index contributed by atoms with van der Waals surface area (Å²) in [6.07, 6.45) is 9.22. The fourth-order valence-electron chi connectivity index (χ4n) is 4.24. The van der Waals surface area contributed by atoms with Gasteiger partial charge in [-0.15, -0.1) is 0 Å². The van der Waals surface area contributed by atoms with Gasteiger partial charge in [-0.25, -0.2) is 9.97 Å². The number of oxazole rings is 1. The van der Waals surface area contributed by atoms with Gasteiger partial charge in [-0.05, 0) is 42.5 Å². The average molecular weight is 332 g/mol. The summed E-state index contributed by atoms with van der Waals surface area (Å²) in [7, 11) is 0. The van der Waals surface area contributed by atoms with Crippen molar-refractivity contribution >= 4 is 0 Å². The molecule has 3 heterocycles. The Balaban J connectivity index is 1.68. The van der Waals surface area contributed by atoms with E-state index in [2.05, 4.69) is 35.3 Å². The molecule has 126 valence electrons. The quantitative estimate of drug-likeness (QED) is 0.599. The van der Waals surface area contributed by atoms with Crippen LogP contribution in [0.25, 0.3) is 11.1 Å². The number of aromatic nitrogens is 2. The predicted octanol–water partition coefficient (Wildman–Crippen LogP) is 4.68. The van der Waals surface area contributed by atoms with Gasteiger partial charge in [-0.3, -0.25) is 0 Å². The van der Waals surface area contributed by atoms with E-state index in [9.17, 15) is 0 Å². The van der Waals surface area contributed by atoms with Crippen LogP contribution in [0.15, 0.2) is 53.3 Å². The van der Waals surface area contributed by atoms with Crippen molar-refractivity contribution in [3.8, 4) is 17.0 Å². The van der Waals surface area contributed by atoms with E-state index >= 15 is 0 Å². The Morgan fingerprint density at radius 1 is 1.04 bits per heavy atom. The molecule has 4 nitrogen and oxygen atoms in total. The lowest BCUT2D eigenvalue weighted by Crippen LogP contribution is -2.26. The second kappa shape index (κ2) is 5.73. The molecule has 4 heteroatoms. The molecule has 5 rings (SSSR count). The molecule has 3 aromatic rings. The van der Waals surface area contributed by atoms with Crippen LogP contribution >= 0.6 is 0 Å². The molecule has 0 N–H and O–H groups in total. The highest BCUT2D eigenvalue weighted by molar-refractivity contribution is 5.69. The molecule has 0 saturated heterocycles. The monoisotopic (exact) mass is 332 g/mol. The second-order valence-electron chi connectivity index (χ2n) is 7.15. The molecule has 25 heavy (non-hydrogen) atoms. The summed E-state index contributed by atoms with van der Waals surface area (Å²) in [4.78, 5) is 9.19. The zero-order chi connectivity index (χ0) is 16.7. The van der Waals surface area contributed by atoms with Gasteiger partial charge >= 0.3 is 0 Å². The molecule has 0 radical (unpaired) electrons. The van der Waals surface area contributed by atoms with E-state index in [-0.39, 0.29) is 5.41 Å². The van der Waals surface area contributed by atoms with E-state index in [0.29, 0.717) is 12.5 Å². The maximum Gasteiger partial charge on any atom is 0.221 e. The maximum atomic E-state index is 5.97. The minimum Gasteiger partial charge on any atom is -0.471 e. The van der Waals surface area contributed by atoms with Gasteiger partial charge in [0.15, 0.2) is 0 Å². The molecule has 2 aliphatic rings. The first-order valence-electron chi connectivity index (χ1n) is 8.94. The Bertz CT molecular complexity index is 910. The van der Waals surface area contributed by atoms with Crippen LogP contribution in [0.4, 0.5) is 0 Å². The van der Waals surface area contributed by atoms with Crippen LogP contribution in [0.1, 0.15) is 42.8 Å². The highest BCUT2D eigenvalue weighted by atomic mass is 16.5. The summed E-state index contributed by atoms with van der Waals surface area (Å²) >= 11 is 0. The smallest absolute Gasteiger partial charge is 0.221 e. The largest absolute Gasteiger partial charge is 0.471 e. The van der Waals surface area contributed by atoms with Gasteiger partial charge in [0.1, 0.15) is 18.6 Å². The van der Waals surface area contributed by atoms with Crippen molar-refractivity contribution < 1.29 is 9.15 Å². The molecular weight excluding hydrogens is 312 g/mol. The molecule has 1 saturated carbocycles. The Labute approximate surface area is 146 Å². The Morgan fingerprint density at radius 3 is 2.88 bits per heavy atom. The third kappa shape index (κ3) is 2.53. The molecular formula is C21H20N2O2. The predicted molar refractivity (Wildman–Crippen MR) is 94.4 cm³/mol. The first-order valence-corrected chi connectivity index (χ1v) is 8.94. The van der Waals surface area contributed by atoms with Gasteiger partial charge in [0.25, 0.3) is 0 Å². The summed E-state index contributed by atoms with van der Waals surface area (Å²) in [6.45, 7) is 0.378. The van der Waals surface area contributed by atoms with Crippen LogP contribution in [0.3, 0.4) is 0 Å². The molecule has 0 amide bonds. The van der Waals surface area contributed by atoms with Crippen LogP contribution < -0.4 is 4.74 Å². The highest BCUT2D eigenvalue weighted by Gasteiger charge is 2.40. The molecule has 0 atom stereocenters. The summed E-state index contributed by atoms with van der Waals surface area (Å²) < 4.78 is 11.9. The maximum absolute atomic E-state index is 5.97.